The van der Waals surface area contributed by atoms with Crippen LogP contribution < -0.4 is 5.32 Å². The molecule has 1 rings (SSSR count). The van der Waals surface area contributed by atoms with Crippen LogP contribution in [-0.4, -0.2) is 37.0 Å². The fourth-order valence-electron chi connectivity index (χ4n) is 1.58. The Hall–Kier alpha value is -1.14. The number of nitrogens with zero attached hydrogens (tertiary/aromatic N) is 2. The van der Waals surface area contributed by atoms with Crippen LogP contribution >= 0.6 is 15.9 Å². The number of unbranched alkanes of at least 4 members (excludes halogenated alkanes) is 1. The second kappa shape index (κ2) is 7.33. The lowest BCUT2D eigenvalue weighted by Gasteiger charge is -2.10. The van der Waals surface area contributed by atoms with Crippen LogP contribution in [-0.2, 0) is 0 Å². The zero-order valence-corrected chi connectivity index (χ0v) is 12.2. The number of halogens is 1. The van der Waals surface area contributed by atoms with E-state index in [1.165, 1.54) is 6.07 Å². The molecule has 0 heterocycles. The van der Waals surface area contributed by atoms with Gasteiger partial charge in [-0.25, -0.2) is 0 Å². The van der Waals surface area contributed by atoms with Crippen LogP contribution in [0, 0.1) is 10.1 Å². The van der Waals surface area contributed by atoms with Gasteiger partial charge in [0.2, 0.25) is 0 Å². The molecule has 6 heteroatoms. The smallest absolute Gasteiger partial charge is 0.293 e. The molecular formula is C12H18BrN3O2. The largest absolute Gasteiger partial charge is 0.379 e. The lowest BCUT2D eigenvalue weighted by molar-refractivity contribution is -0.384. The van der Waals surface area contributed by atoms with Gasteiger partial charge in [0.25, 0.3) is 5.69 Å². The van der Waals surface area contributed by atoms with Gasteiger partial charge in [0.15, 0.2) is 0 Å². The van der Waals surface area contributed by atoms with Crippen molar-refractivity contribution in [3.63, 3.8) is 0 Å². The Kier molecular flexibility index (Phi) is 6.07. The first-order chi connectivity index (χ1) is 8.50. The summed E-state index contributed by atoms with van der Waals surface area (Å²) in [6, 6.07) is 5.05. The van der Waals surface area contributed by atoms with E-state index < -0.39 is 0 Å². The minimum absolute atomic E-state index is 0.108. The first kappa shape index (κ1) is 14.9. The van der Waals surface area contributed by atoms with Gasteiger partial charge in [-0.05, 0) is 45.6 Å². The quantitative estimate of drug-likeness (QED) is 0.477. The normalized spacial score (nSPS) is 10.7. The van der Waals surface area contributed by atoms with Crippen molar-refractivity contribution in [2.24, 2.45) is 0 Å². The van der Waals surface area contributed by atoms with Crippen molar-refractivity contribution in [2.45, 2.75) is 12.8 Å². The minimum atomic E-state index is -0.368. The highest BCUT2D eigenvalue weighted by Gasteiger charge is 2.13. The van der Waals surface area contributed by atoms with Gasteiger partial charge < -0.3 is 10.2 Å². The summed E-state index contributed by atoms with van der Waals surface area (Å²) in [4.78, 5) is 12.6. The van der Waals surface area contributed by atoms with Gasteiger partial charge in [-0.15, -0.1) is 0 Å². The Morgan fingerprint density at radius 3 is 2.72 bits per heavy atom. The van der Waals surface area contributed by atoms with E-state index in [9.17, 15) is 10.1 Å². The van der Waals surface area contributed by atoms with E-state index in [-0.39, 0.29) is 10.6 Å². The van der Waals surface area contributed by atoms with Crippen molar-refractivity contribution in [2.75, 3.05) is 32.5 Å². The van der Waals surface area contributed by atoms with Crippen LogP contribution in [0.2, 0.25) is 0 Å². The molecule has 18 heavy (non-hydrogen) atoms. The zero-order valence-electron chi connectivity index (χ0n) is 10.6. The number of nitro benzene ring substituents is 1. The molecule has 0 aliphatic heterocycles. The van der Waals surface area contributed by atoms with Crippen molar-refractivity contribution >= 4 is 27.3 Å². The standard InChI is InChI=1S/C12H18BrN3O2/c1-15(2)8-4-3-7-14-11-6-5-10(13)9-12(11)16(17)18/h5-6,9,14H,3-4,7-8H2,1-2H3. The maximum absolute atomic E-state index is 10.9. The van der Waals surface area contributed by atoms with Gasteiger partial charge in [-0.2, -0.15) is 0 Å². The number of hydrogen-bond donors (Lipinski definition) is 1. The van der Waals surface area contributed by atoms with Gasteiger partial charge in [0, 0.05) is 17.1 Å². The van der Waals surface area contributed by atoms with Crippen LogP contribution in [0.1, 0.15) is 12.8 Å². The monoisotopic (exact) mass is 315 g/mol. The van der Waals surface area contributed by atoms with E-state index in [1.807, 2.05) is 14.1 Å². The summed E-state index contributed by atoms with van der Waals surface area (Å²) in [5, 5.41) is 14.0. The molecule has 0 fully saturated rings. The number of rotatable bonds is 7. The molecule has 0 aliphatic rings. The van der Waals surface area contributed by atoms with Crippen molar-refractivity contribution in [3.8, 4) is 0 Å². The molecule has 0 aromatic heterocycles. The molecule has 0 saturated carbocycles. The lowest BCUT2D eigenvalue weighted by atomic mass is 10.2. The average molecular weight is 316 g/mol. The molecule has 0 atom stereocenters. The third-order valence-corrected chi connectivity index (χ3v) is 3.00. The van der Waals surface area contributed by atoms with E-state index in [1.54, 1.807) is 12.1 Å². The molecule has 0 spiro atoms. The number of anilines is 1. The minimum Gasteiger partial charge on any atom is -0.379 e. The van der Waals surface area contributed by atoms with E-state index >= 15 is 0 Å². The van der Waals surface area contributed by atoms with E-state index in [0.717, 1.165) is 25.9 Å². The number of nitrogens with one attached hydrogen (secondary N) is 1. The molecule has 1 aromatic carbocycles. The van der Waals surface area contributed by atoms with Crippen LogP contribution in [0.15, 0.2) is 22.7 Å². The highest BCUT2D eigenvalue weighted by molar-refractivity contribution is 9.10. The molecule has 0 unspecified atom stereocenters. The Bertz CT molecular complexity index is 410. The molecule has 0 bridgehead atoms. The summed E-state index contributed by atoms with van der Waals surface area (Å²) in [7, 11) is 4.07. The predicted octanol–water partition coefficient (Wildman–Crippen LogP) is 3.11. The van der Waals surface area contributed by atoms with Crippen LogP contribution in [0.25, 0.3) is 0 Å². The Morgan fingerprint density at radius 1 is 1.39 bits per heavy atom. The first-order valence-electron chi connectivity index (χ1n) is 5.83. The molecule has 0 saturated heterocycles. The van der Waals surface area contributed by atoms with Crippen molar-refractivity contribution in [1.82, 2.24) is 4.90 Å². The first-order valence-corrected chi connectivity index (χ1v) is 6.62. The molecule has 5 nitrogen and oxygen atoms in total. The fraction of sp³-hybridized carbons (Fsp3) is 0.500. The van der Waals surface area contributed by atoms with Gasteiger partial charge in [0.05, 0.1) is 4.92 Å². The third-order valence-electron chi connectivity index (χ3n) is 2.50. The summed E-state index contributed by atoms with van der Waals surface area (Å²) < 4.78 is 0.715. The fourth-order valence-corrected chi connectivity index (χ4v) is 1.93. The van der Waals surface area contributed by atoms with E-state index in [4.69, 9.17) is 0 Å². The molecular weight excluding hydrogens is 298 g/mol. The van der Waals surface area contributed by atoms with Crippen LogP contribution in [0.5, 0.6) is 0 Å². The second-order valence-electron chi connectivity index (χ2n) is 4.36. The molecule has 100 valence electrons. The highest BCUT2D eigenvalue weighted by atomic mass is 79.9. The number of nitro groups is 1. The van der Waals surface area contributed by atoms with Crippen molar-refractivity contribution in [1.29, 1.82) is 0 Å². The maximum atomic E-state index is 10.9. The summed E-state index contributed by atoms with van der Waals surface area (Å²) in [6.45, 7) is 1.78. The van der Waals surface area contributed by atoms with Gasteiger partial charge >= 0.3 is 0 Å². The Morgan fingerprint density at radius 2 is 2.11 bits per heavy atom. The van der Waals surface area contributed by atoms with Gasteiger partial charge in [0.1, 0.15) is 5.69 Å². The van der Waals surface area contributed by atoms with Gasteiger partial charge in [-0.1, -0.05) is 15.9 Å². The lowest BCUT2D eigenvalue weighted by Crippen LogP contribution is -2.14. The topological polar surface area (TPSA) is 58.4 Å². The predicted molar refractivity (Wildman–Crippen MR) is 77.1 cm³/mol. The SMILES string of the molecule is CN(C)CCCCNc1ccc(Br)cc1[N+](=O)[O-]. The molecule has 1 N–H and O–H groups in total. The molecule has 0 amide bonds. The average Bonchev–Trinajstić information content (AvgIpc) is 2.29. The summed E-state index contributed by atoms with van der Waals surface area (Å²) in [5.41, 5.74) is 0.685. The summed E-state index contributed by atoms with van der Waals surface area (Å²) in [6.07, 6.45) is 2.07. The van der Waals surface area contributed by atoms with Crippen LogP contribution in [0.4, 0.5) is 11.4 Å². The van der Waals surface area contributed by atoms with Crippen molar-refractivity contribution < 1.29 is 4.92 Å². The second-order valence-corrected chi connectivity index (χ2v) is 5.27. The number of benzene rings is 1. The summed E-state index contributed by atoms with van der Waals surface area (Å²) >= 11 is 3.24. The molecule has 0 radical (unpaired) electrons. The van der Waals surface area contributed by atoms with Crippen molar-refractivity contribution in [3.05, 3.63) is 32.8 Å². The van der Waals surface area contributed by atoms with Crippen LogP contribution in [0.3, 0.4) is 0 Å². The van der Waals surface area contributed by atoms with E-state index in [0.29, 0.717) is 10.2 Å². The zero-order chi connectivity index (χ0) is 13.5. The third kappa shape index (κ3) is 5.01. The number of hydrogen-bond acceptors (Lipinski definition) is 4. The highest BCUT2D eigenvalue weighted by Crippen LogP contribution is 2.27. The Labute approximate surface area is 115 Å². The summed E-state index contributed by atoms with van der Waals surface area (Å²) in [5.74, 6) is 0. The molecule has 0 aliphatic carbocycles. The van der Waals surface area contributed by atoms with E-state index in [2.05, 4.69) is 26.1 Å². The maximum Gasteiger partial charge on any atom is 0.293 e. The van der Waals surface area contributed by atoms with Gasteiger partial charge in [-0.3, -0.25) is 10.1 Å². The molecule has 1 aromatic rings. The Balaban J connectivity index is 2.49.